The van der Waals surface area contributed by atoms with E-state index in [9.17, 15) is 4.79 Å². The molecule has 0 fully saturated rings. The summed E-state index contributed by atoms with van der Waals surface area (Å²) < 4.78 is 6.05. The quantitative estimate of drug-likeness (QED) is 0.758. The molecule has 4 nitrogen and oxygen atoms in total. The molecule has 1 aromatic rings. The number of benzene rings is 1. The molecule has 1 aliphatic heterocycles. The van der Waals surface area contributed by atoms with Gasteiger partial charge in [-0.1, -0.05) is 28.1 Å². The molecule has 106 valence electrons. The molecule has 1 aliphatic carbocycles. The molecule has 0 saturated heterocycles. The highest BCUT2D eigenvalue weighted by atomic mass is 79.9. The lowest BCUT2D eigenvalue weighted by atomic mass is 9.95. The topological polar surface area (TPSA) is 41.9 Å². The van der Waals surface area contributed by atoms with Crippen LogP contribution >= 0.6 is 28.1 Å². The first-order valence-corrected chi connectivity index (χ1v) is 7.46. The lowest BCUT2D eigenvalue weighted by molar-refractivity contribution is -0.118. The van der Waals surface area contributed by atoms with E-state index < -0.39 is 5.92 Å². The summed E-state index contributed by atoms with van der Waals surface area (Å²) in [5.74, 6) is 0.139. The van der Waals surface area contributed by atoms with Crippen molar-refractivity contribution in [3.05, 3.63) is 47.0 Å². The Morgan fingerprint density at radius 3 is 2.95 bits per heavy atom. The zero-order chi connectivity index (χ0) is 15.0. The second kappa shape index (κ2) is 5.54. The highest BCUT2D eigenvalue weighted by Gasteiger charge is 2.35. The van der Waals surface area contributed by atoms with Gasteiger partial charge in [-0.3, -0.25) is 9.69 Å². The minimum atomic E-state index is -0.415. The normalized spacial score (nSPS) is 20.9. The van der Waals surface area contributed by atoms with Gasteiger partial charge in [0.05, 0.1) is 18.5 Å². The van der Waals surface area contributed by atoms with Crippen LogP contribution in [0.4, 0.5) is 5.69 Å². The zero-order valence-corrected chi connectivity index (χ0v) is 13.5. The van der Waals surface area contributed by atoms with Crippen molar-refractivity contribution in [1.82, 2.24) is 0 Å². The van der Waals surface area contributed by atoms with E-state index in [1.54, 1.807) is 13.2 Å². The summed E-state index contributed by atoms with van der Waals surface area (Å²) in [5, 5.41) is 0.246. The number of hydrogen-bond acceptors (Lipinski definition) is 3. The molecule has 21 heavy (non-hydrogen) atoms. The van der Waals surface area contributed by atoms with Crippen LogP contribution in [-0.2, 0) is 4.79 Å². The van der Waals surface area contributed by atoms with E-state index in [0.29, 0.717) is 17.1 Å². The van der Waals surface area contributed by atoms with E-state index in [4.69, 9.17) is 17.0 Å². The highest BCUT2D eigenvalue weighted by molar-refractivity contribution is 9.11. The summed E-state index contributed by atoms with van der Waals surface area (Å²) in [6, 6.07) is 7.21. The number of aliphatic imine (C=N–C) groups is 1. The first-order valence-electron chi connectivity index (χ1n) is 6.26. The minimum absolute atomic E-state index is 0.112. The summed E-state index contributed by atoms with van der Waals surface area (Å²) >= 11 is 8.66. The molecule has 1 amide bonds. The molecular formula is C15H11BrN2O2S. The predicted octanol–water partition coefficient (Wildman–Crippen LogP) is 3.23. The van der Waals surface area contributed by atoms with Crippen LogP contribution in [0.3, 0.4) is 0 Å². The number of hydrogen-bond donors (Lipinski definition) is 0. The number of nitrogens with zero attached hydrogens (tertiary/aromatic N) is 2. The molecule has 1 unspecified atom stereocenters. The van der Waals surface area contributed by atoms with Crippen molar-refractivity contribution in [3.8, 4) is 5.75 Å². The monoisotopic (exact) mass is 362 g/mol. The van der Waals surface area contributed by atoms with Gasteiger partial charge in [-0.15, -0.1) is 0 Å². The van der Waals surface area contributed by atoms with Crippen molar-refractivity contribution in [2.75, 3.05) is 12.0 Å². The number of fused-ring (bicyclic) bond motifs is 1. The number of rotatable bonds is 2. The summed E-state index contributed by atoms with van der Waals surface area (Å²) in [6.45, 7) is 0. The smallest absolute Gasteiger partial charge is 0.246 e. The summed E-state index contributed by atoms with van der Waals surface area (Å²) in [5.41, 5.74) is 1.33. The van der Waals surface area contributed by atoms with Crippen LogP contribution in [0.1, 0.15) is 0 Å². The van der Waals surface area contributed by atoms with E-state index in [1.807, 2.05) is 36.4 Å². The third-order valence-electron chi connectivity index (χ3n) is 3.27. The Bertz CT molecular complexity index is 724. The standard InChI is InChI=1S/C15H11BrN2O2S/c1-20-11-4-2-3-10(8-11)18-14(19)12-7-9(16)5-6-13(12)17-15(18)21/h2-8,12H,1H3. The second-order valence-electron chi connectivity index (χ2n) is 4.56. The minimum Gasteiger partial charge on any atom is -0.497 e. The Morgan fingerprint density at radius 1 is 1.38 bits per heavy atom. The van der Waals surface area contributed by atoms with Crippen LogP contribution < -0.4 is 9.64 Å². The molecule has 6 heteroatoms. The molecule has 1 aromatic carbocycles. The van der Waals surface area contributed by atoms with Gasteiger partial charge in [-0.05, 0) is 36.5 Å². The van der Waals surface area contributed by atoms with E-state index in [1.165, 1.54) is 4.90 Å². The molecule has 0 spiro atoms. The van der Waals surface area contributed by atoms with E-state index in [-0.39, 0.29) is 11.0 Å². The number of amides is 1. The number of carbonyl (C=O) groups is 1. The molecular weight excluding hydrogens is 352 g/mol. The van der Waals surface area contributed by atoms with Crippen LogP contribution in [0, 0.1) is 5.92 Å². The van der Waals surface area contributed by atoms with Gasteiger partial charge in [0.1, 0.15) is 11.7 Å². The largest absolute Gasteiger partial charge is 0.497 e. The van der Waals surface area contributed by atoms with Crippen LogP contribution in [0.25, 0.3) is 0 Å². The van der Waals surface area contributed by atoms with Crippen molar-refractivity contribution in [1.29, 1.82) is 0 Å². The maximum absolute atomic E-state index is 12.7. The van der Waals surface area contributed by atoms with Gasteiger partial charge < -0.3 is 4.74 Å². The second-order valence-corrected chi connectivity index (χ2v) is 5.84. The first kappa shape index (κ1) is 14.2. The van der Waals surface area contributed by atoms with Crippen LogP contribution in [0.5, 0.6) is 5.75 Å². The molecule has 0 saturated carbocycles. The molecule has 1 atom stereocenters. The highest BCUT2D eigenvalue weighted by Crippen LogP contribution is 2.29. The Balaban J connectivity index is 2.04. The lowest BCUT2D eigenvalue weighted by Gasteiger charge is -2.30. The number of methoxy groups -OCH3 is 1. The molecule has 0 bridgehead atoms. The maximum atomic E-state index is 12.7. The van der Waals surface area contributed by atoms with E-state index >= 15 is 0 Å². The average Bonchev–Trinajstić information content (AvgIpc) is 2.48. The summed E-state index contributed by atoms with van der Waals surface area (Å²) in [6.07, 6.45) is 5.49. The number of halogens is 1. The third kappa shape index (κ3) is 2.56. The Hall–Kier alpha value is -1.79. The van der Waals surface area contributed by atoms with Crippen molar-refractivity contribution in [2.45, 2.75) is 0 Å². The number of thiocarbonyl (C=S) groups is 1. The van der Waals surface area contributed by atoms with Crippen LogP contribution in [-0.4, -0.2) is 23.8 Å². The maximum Gasteiger partial charge on any atom is 0.246 e. The number of ether oxygens (including phenoxy) is 1. The summed E-state index contributed by atoms with van der Waals surface area (Å²) in [7, 11) is 1.58. The van der Waals surface area contributed by atoms with Gasteiger partial charge in [0.25, 0.3) is 0 Å². The predicted molar refractivity (Wildman–Crippen MR) is 90.2 cm³/mol. The van der Waals surface area contributed by atoms with Gasteiger partial charge in [-0.2, -0.15) is 0 Å². The molecule has 0 N–H and O–H groups in total. The summed E-state index contributed by atoms with van der Waals surface area (Å²) in [4.78, 5) is 18.5. The lowest BCUT2D eigenvalue weighted by Crippen LogP contribution is -2.46. The van der Waals surface area contributed by atoms with Crippen molar-refractivity contribution < 1.29 is 9.53 Å². The number of carbonyl (C=O) groups excluding carboxylic acids is 1. The van der Waals surface area contributed by atoms with Crippen LogP contribution in [0.2, 0.25) is 0 Å². The fourth-order valence-electron chi connectivity index (χ4n) is 2.25. The van der Waals surface area contributed by atoms with Gasteiger partial charge in [0.15, 0.2) is 0 Å². The fourth-order valence-corrected chi connectivity index (χ4v) is 2.95. The van der Waals surface area contributed by atoms with E-state index in [2.05, 4.69) is 20.9 Å². The Morgan fingerprint density at radius 2 is 2.19 bits per heavy atom. The van der Waals surface area contributed by atoms with E-state index in [0.717, 1.165) is 4.48 Å². The van der Waals surface area contributed by atoms with Gasteiger partial charge in [-0.25, -0.2) is 4.99 Å². The average molecular weight is 363 g/mol. The zero-order valence-electron chi connectivity index (χ0n) is 11.1. The molecule has 0 radical (unpaired) electrons. The SMILES string of the molecule is COc1cccc(N2C(=O)C3C=C(Br)C=CC3=NC2=S)c1. The Kier molecular flexibility index (Phi) is 3.73. The molecule has 2 aliphatic rings. The first-order chi connectivity index (χ1) is 10.1. The van der Waals surface area contributed by atoms with Crippen molar-refractivity contribution in [3.63, 3.8) is 0 Å². The third-order valence-corrected chi connectivity index (χ3v) is 4.07. The van der Waals surface area contributed by atoms with Crippen molar-refractivity contribution in [2.24, 2.45) is 10.9 Å². The molecule has 0 aromatic heterocycles. The Labute approximate surface area is 135 Å². The van der Waals surface area contributed by atoms with Gasteiger partial charge in [0.2, 0.25) is 11.0 Å². The number of anilines is 1. The number of allylic oxidation sites excluding steroid dienone is 3. The van der Waals surface area contributed by atoms with Crippen molar-refractivity contribution >= 4 is 50.6 Å². The van der Waals surface area contributed by atoms with Gasteiger partial charge >= 0.3 is 0 Å². The molecule has 1 heterocycles. The fraction of sp³-hybridized carbons (Fsp3) is 0.133. The van der Waals surface area contributed by atoms with Crippen LogP contribution in [0.15, 0.2) is 52.0 Å². The van der Waals surface area contributed by atoms with Gasteiger partial charge in [0, 0.05) is 10.5 Å². The molecule has 3 rings (SSSR count).